The quantitative estimate of drug-likeness (QED) is 0.658. The Morgan fingerprint density at radius 1 is 0.636 bits per heavy atom. The monoisotopic (exact) mass is 449 g/mol. The van der Waals surface area contributed by atoms with E-state index in [2.05, 4.69) is 44.3 Å². The zero-order valence-corrected chi connectivity index (χ0v) is 19.4. The van der Waals surface area contributed by atoms with E-state index in [-0.39, 0.29) is 11.8 Å². The number of hydrogen-bond donors (Lipinski definition) is 1. The number of carbonyl (C=O) groups excluding carboxylic acids is 2. The van der Waals surface area contributed by atoms with Gasteiger partial charge in [0.2, 0.25) is 11.8 Å². The zero-order valence-electron chi connectivity index (χ0n) is 19.4. The summed E-state index contributed by atoms with van der Waals surface area (Å²) in [5, 5.41) is 2.98. The first kappa shape index (κ1) is 23.4. The summed E-state index contributed by atoms with van der Waals surface area (Å²) in [6, 6.07) is 20.5. The van der Waals surface area contributed by atoms with Gasteiger partial charge in [0.05, 0.1) is 13.1 Å². The van der Waals surface area contributed by atoms with Gasteiger partial charge in [-0.1, -0.05) is 60.7 Å². The molecule has 0 spiro atoms. The van der Waals surface area contributed by atoms with Crippen molar-refractivity contribution in [3.63, 3.8) is 0 Å². The summed E-state index contributed by atoms with van der Waals surface area (Å²) in [5.74, 6) is 0.242. The van der Waals surface area contributed by atoms with Crippen LogP contribution in [0.15, 0.2) is 60.7 Å². The van der Waals surface area contributed by atoms with Crippen LogP contribution in [0.5, 0.6) is 0 Å². The van der Waals surface area contributed by atoms with E-state index in [0.29, 0.717) is 32.7 Å². The van der Waals surface area contributed by atoms with Crippen LogP contribution in [0.1, 0.15) is 11.1 Å². The van der Waals surface area contributed by atoms with E-state index in [1.54, 1.807) is 0 Å². The molecule has 176 valence electrons. The van der Waals surface area contributed by atoms with Gasteiger partial charge in [0, 0.05) is 65.4 Å². The summed E-state index contributed by atoms with van der Waals surface area (Å²) in [6.07, 6.45) is 0. The molecule has 2 saturated heterocycles. The molecule has 0 aliphatic carbocycles. The minimum Gasteiger partial charge on any atom is -0.351 e. The van der Waals surface area contributed by atoms with E-state index >= 15 is 0 Å². The highest BCUT2D eigenvalue weighted by Crippen LogP contribution is 2.09. The zero-order chi connectivity index (χ0) is 22.9. The second-order valence-electron chi connectivity index (χ2n) is 8.96. The first-order chi connectivity index (χ1) is 16.2. The van der Waals surface area contributed by atoms with Crippen LogP contribution >= 0.6 is 0 Å². The van der Waals surface area contributed by atoms with Gasteiger partial charge < -0.3 is 10.2 Å². The number of piperazine rings is 2. The third kappa shape index (κ3) is 7.39. The Bertz CT molecular complexity index is 876. The van der Waals surface area contributed by atoms with Crippen LogP contribution in [0.3, 0.4) is 0 Å². The van der Waals surface area contributed by atoms with Gasteiger partial charge in [-0.25, -0.2) is 0 Å². The van der Waals surface area contributed by atoms with Gasteiger partial charge in [0.1, 0.15) is 0 Å². The number of rotatable bonds is 8. The molecule has 0 aromatic heterocycles. The SMILES string of the molecule is O=C(CN1CCN(C(=O)CN2CCN(Cc3ccccc3)CC2)CC1)NCc1ccccc1. The number of nitrogens with one attached hydrogen (secondary N) is 1. The number of nitrogens with zero attached hydrogens (tertiary/aromatic N) is 4. The molecule has 7 heteroatoms. The average Bonchev–Trinajstić information content (AvgIpc) is 2.86. The lowest BCUT2D eigenvalue weighted by molar-refractivity contribution is -0.134. The molecule has 1 N–H and O–H groups in total. The fourth-order valence-electron chi connectivity index (χ4n) is 4.45. The number of hydrogen-bond acceptors (Lipinski definition) is 5. The average molecular weight is 450 g/mol. The minimum absolute atomic E-state index is 0.0343. The second kappa shape index (κ2) is 11.9. The summed E-state index contributed by atoms with van der Waals surface area (Å²) in [5.41, 5.74) is 2.44. The van der Waals surface area contributed by atoms with Crippen molar-refractivity contribution in [1.82, 2.24) is 24.9 Å². The van der Waals surface area contributed by atoms with Crippen LogP contribution in [0.25, 0.3) is 0 Å². The lowest BCUT2D eigenvalue weighted by atomic mass is 10.2. The smallest absolute Gasteiger partial charge is 0.236 e. The maximum absolute atomic E-state index is 12.8. The Kier molecular flexibility index (Phi) is 8.47. The van der Waals surface area contributed by atoms with E-state index in [1.165, 1.54) is 5.56 Å². The number of amides is 2. The summed E-state index contributed by atoms with van der Waals surface area (Å²) in [4.78, 5) is 33.9. The normalized spacial score (nSPS) is 18.2. The van der Waals surface area contributed by atoms with E-state index < -0.39 is 0 Å². The highest BCUT2D eigenvalue weighted by Gasteiger charge is 2.25. The summed E-state index contributed by atoms with van der Waals surface area (Å²) >= 11 is 0. The highest BCUT2D eigenvalue weighted by atomic mass is 16.2. The van der Waals surface area contributed by atoms with Gasteiger partial charge in [-0.2, -0.15) is 0 Å². The fourth-order valence-corrected chi connectivity index (χ4v) is 4.45. The molecule has 2 fully saturated rings. The Labute approximate surface area is 196 Å². The molecule has 0 saturated carbocycles. The molecule has 2 heterocycles. The molecule has 0 radical (unpaired) electrons. The first-order valence-corrected chi connectivity index (χ1v) is 11.9. The number of benzene rings is 2. The summed E-state index contributed by atoms with van der Waals surface area (Å²) in [6.45, 7) is 9.14. The van der Waals surface area contributed by atoms with Crippen molar-refractivity contribution < 1.29 is 9.59 Å². The molecule has 33 heavy (non-hydrogen) atoms. The van der Waals surface area contributed by atoms with Crippen molar-refractivity contribution in [2.24, 2.45) is 0 Å². The molecule has 2 aliphatic rings. The van der Waals surface area contributed by atoms with E-state index in [0.717, 1.165) is 51.4 Å². The Morgan fingerprint density at radius 2 is 1.15 bits per heavy atom. The van der Waals surface area contributed by atoms with Crippen molar-refractivity contribution in [3.8, 4) is 0 Å². The molecule has 2 amide bonds. The molecule has 0 bridgehead atoms. The van der Waals surface area contributed by atoms with Crippen LogP contribution in [0.2, 0.25) is 0 Å². The first-order valence-electron chi connectivity index (χ1n) is 11.9. The van der Waals surface area contributed by atoms with Crippen molar-refractivity contribution in [2.75, 3.05) is 65.4 Å². The van der Waals surface area contributed by atoms with Crippen LogP contribution < -0.4 is 5.32 Å². The van der Waals surface area contributed by atoms with Gasteiger partial charge in [-0.3, -0.25) is 24.3 Å². The molecule has 4 rings (SSSR count). The molecule has 0 unspecified atom stereocenters. The maximum Gasteiger partial charge on any atom is 0.236 e. The minimum atomic E-state index is 0.0343. The second-order valence-corrected chi connectivity index (χ2v) is 8.96. The van der Waals surface area contributed by atoms with Crippen molar-refractivity contribution in [3.05, 3.63) is 71.8 Å². The standard InChI is InChI=1S/C26H35N5O2/c32-25(27-19-23-7-3-1-4-8-23)21-29-15-17-31(18-16-29)26(33)22-30-13-11-28(12-14-30)20-24-9-5-2-6-10-24/h1-10H,11-22H2,(H,27,32). The topological polar surface area (TPSA) is 59.1 Å². The van der Waals surface area contributed by atoms with Gasteiger partial charge in [-0.05, 0) is 11.1 Å². The Morgan fingerprint density at radius 3 is 1.79 bits per heavy atom. The van der Waals surface area contributed by atoms with Crippen LogP contribution in [0, 0.1) is 0 Å². The molecule has 2 aliphatic heterocycles. The van der Waals surface area contributed by atoms with Crippen molar-refractivity contribution in [1.29, 1.82) is 0 Å². The molecule has 7 nitrogen and oxygen atoms in total. The number of carbonyl (C=O) groups is 2. The van der Waals surface area contributed by atoms with Crippen LogP contribution in [-0.2, 0) is 22.7 Å². The largest absolute Gasteiger partial charge is 0.351 e. The Hall–Kier alpha value is -2.74. The van der Waals surface area contributed by atoms with Crippen molar-refractivity contribution in [2.45, 2.75) is 13.1 Å². The third-order valence-electron chi connectivity index (χ3n) is 6.50. The predicted octanol–water partition coefficient (Wildman–Crippen LogP) is 1.26. The van der Waals surface area contributed by atoms with Crippen LogP contribution in [0.4, 0.5) is 0 Å². The van der Waals surface area contributed by atoms with Crippen LogP contribution in [-0.4, -0.2) is 96.9 Å². The van der Waals surface area contributed by atoms with Gasteiger partial charge >= 0.3 is 0 Å². The molecular weight excluding hydrogens is 414 g/mol. The lowest BCUT2D eigenvalue weighted by Gasteiger charge is -2.37. The lowest BCUT2D eigenvalue weighted by Crippen LogP contribution is -2.54. The third-order valence-corrected chi connectivity index (χ3v) is 6.50. The maximum atomic E-state index is 12.8. The summed E-state index contributed by atoms with van der Waals surface area (Å²) in [7, 11) is 0. The molecule has 2 aromatic rings. The van der Waals surface area contributed by atoms with Gasteiger partial charge in [0.25, 0.3) is 0 Å². The van der Waals surface area contributed by atoms with Gasteiger partial charge in [0.15, 0.2) is 0 Å². The molecule has 2 aromatic carbocycles. The fraction of sp³-hybridized carbons (Fsp3) is 0.462. The van der Waals surface area contributed by atoms with Crippen molar-refractivity contribution >= 4 is 11.8 Å². The molecule has 0 atom stereocenters. The predicted molar refractivity (Wildman–Crippen MR) is 129 cm³/mol. The van der Waals surface area contributed by atoms with E-state index in [4.69, 9.17) is 0 Å². The Balaban J connectivity index is 1.11. The highest BCUT2D eigenvalue weighted by molar-refractivity contribution is 5.79. The van der Waals surface area contributed by atoms with E-state index in [9.17, 15) is 9.59 Å². The summed E-state index contributed by atoms with van der Waals surface area (Å²) < 4.78 is 0. The van der Waals surface area contributed by atoms with E-state index in [1.807, 2.05) is 41.3 Å². The molecular formula is C26H35N5O2. The van der Waals surface area contributed by atoms with Gasteiger partial charge in [-0.15, -0.1) is 0 Å².